The molecule has 0 radical (unpaired) electrons. The summed E-state index contributed by atoms with van der Waals surface area (Å²) in [5.74, 6) is -0.733. The van der Waals surface area contributed by atoms with Crippen LogP contribution in [-0.2, 0) is 20.9 Å². The minimum atomic E-state index is -0.705. The third-order valence-electron chi connectivity index (χ3n) is 6.47. The van der Waals surface area contributed by atoms with Crippen molar-refractivity contribution in [3.8, 4) is 0 Å². The molecule has 5 N–H and O–H groups in total. The van der Waals surface area contributed by atoms with E-state index in [4.69, 9.17) is 20.7 Å². The van der Waals surface area contributed by atoms with E-state index < -0.39 is 18.0 Å². The van der Waals surface area contributed by atoms with Crippen LogP contribution in [0, 0.1) is 23.7 Å². The molecule has 2 aliphatic rings. The molecule has 1 aromatic carbocycles. The molecule has 0 spiro atoms. The third kappa shape index (κ3) is 9.26. The van der Waals surface area contributed by atoms with Crippen LogP contribution in [0.1, 0.15) is 56.9 Å². The Labute approximate surface area is 189 Å². The van der Waals surface area contributed by atoms with Crippen molar-refractivity contribution in [1.82, 2.24) is 5.32 Å². The molecule has 8 heteroatoms. The van der Waals surface area contributed by atoms with E-state index in [0.717, 1.165) is 44.1 Å². The van der Waals surface area contributed by atoms with E-state index in [-0.39, 0.29) is 18.4 Å². The topological polar surface area (TPSA) is 139 Å². The van der Waals surface area contributed by atoms with Gasteiger partial charge in [0.25, 0.3) is 0 Å². The minimum Gasteiger partial charge on any atom is -0.481 e. The van der Waals surface area contributed by atoms with Gasteiger partial charge in [-0.15, -0.1) is 0 Å². The first-order valence-electron chi connectivity index (χ1n) is 11.5. The number of hydrogen-bond donors (Lipinski definition) is 4. The van der Waals surface area contributed by atoms with Gasteiger partial charge in [-0.1, -0.05) is 30.3 Å². The average Bonchev–Trinajstić information content (AvgIpc) is 2.82. The van der Waals surface area contributed by atoms with Crippen LogP contribution in [0.25, 0.3) is 0 Å². The second kappa shape index (κ2) is 13.7. The van der Waals surface area contributed by atoms with Crippen LogP contribution in [-0.4, -0.2) is 41.3 Å². The highest BCUT2D eigenvalue weighted by Crippen LogP contribution is 2.29. The quantitative estimate of drug-likeness (QED) is 0.499. The maximum absolute atomic E-state index is 11.6. The Hall–Kier alpha value is -2.61. The molecule has 1 aromatic rings. The number of nitrogens with two attached hydrogens (primary N) is 1. The van der Waals surface area contributed by atoms with E-state index in [9.17, 15) is 14.4 Å². The van der Waals surface area contributed by atoms with Gasteiger partial charge in [-0.2, -0.15) is 0 Å². The number of ether oxygens (including phenoxy) is 1. The van der Waals surface area contributed by atoms with Crippen molar-refractivity contribution in [3.63, 3.8) is 0 Å². The van der Waals surface area contributed by atoms with Gasteiger partial charge in [-0.3, -0.25) is 9.59 Å². The van der Waals surface area contributed by atoms with Crippen LogP contribution in [0.15, 0.2) is 30.3 Å². The lowest BCUT2D eigenvalue weighted by molar-refractivity contribution is -0.144. The van der Waals surface area contributed by atoms with Crippen LogP contribution in [0.4, 0.5) is 4.79 Å². The van der Waals surface area contributed by atoms with Gasteiger partial charge in [0.2, 0.25) is 0 Å². The number of carboxylic acid groups (broad SMARTS) is 2. The fourth-order valence-electron chi connectivity index (χ4n) is 4.26. The van der Waals surface area contributed by atoms with E-state index in [1.54, 1.807) is 0 Å². The number of alkyl carbamates (subject to hydrolysis) is 1. The van der Waals surface area contributed by atoms with Crippen molar-refractivity contribution < 1.29 is 29.3 Å². The first kappa shape index (κ1) is 25.6. The smallest absolute Gasteiger partial charge is 0.407 e. The van der Waals surface area contributed by atoms with Gasteiger partial charge in [0.05, 0.1) is 11.8 Å². The van der Waals surface area contributed by atoms with Crippen LogP contribution < -0.4 is 11.1 Å². The number of carbonyl (C=O) groups excluding carboxylic acids is 1. The van der Waals surface area contributed by atoms with Gasteiger partial charge < -0.3 is 26.0 Å². The fourth-order valence-corrected chi connectivity index (χ4v) is 4.26. The third-order valence-corrected chi connectivity index (χ3v) is 6.47. The monoisotopic (exact) mass is 448 g/mol. The van der Waals surface area contributed by atoms with Crippen LogP contribution in [0.3, 0.4) is 0 Å². The summed E-state index contributed by atoms with van der Waals surface area (Å²) in [7, 11) is 0. The normalized spacial score (nSPS) is 25.0. The standard InChI is InChI=1S/C16H21NO4.C8H15NO2/c18-15(19)14-8-6-12(7-9-14)10-17-16(20)21-11-13-4-2-1-3-5-13;9-5-6-1-3-7(4-2-6)8(10)11/h1-5,12,14H,6-11H2,(H,17,20)(H,18,19);6-7H,1-5,9H2,(H,10,11)/t12-,14-;6-,7-. The lowest BCUT2D eigenvalue weighted by atomic mass is 9.82. The summed E-state index contributed by atoms with van der Waals surface area (Å²) in [5.41, 5.74) is 6.43. The number of aliphatic carboxylic acids is 2. The number of carboxylic acids is 2. The first-order valence-corrected chi connectivity index (χ1v) is 11.5. The SMILES string of the molecule is NC[C@H]1CC[C@H](C(=O)O)CC1.O=C(NC[C@H]1CC[C@H](C(=O)O)CC1)OCc1ccccc1. The molecule has 2 fully saturated rings. The number of amides is 1. The Morgan fingerprint density at radius 2 is 1.34 bits per heavy atom. The maximum atomic E-state index is 11.6. The summed E-state index contributed by atoms with van der Waals surface area (Å²) < 4.78 is 5.13. The number of benzene rings is 1. The molecule has 2 aliphatic carbocycles. The van der Waals surface area contributed by atoms with Crippen molar-refractivity contribution in [3.05, 3.63) is 35.9 Å². The fraction of sp³-hybridized carbons (Fsp3) is 0.625. The van der Waals surface area contributed by atoms with Gasteiger partial charge >= 0.3 is 18.0 Å². The number of carbonyl (C=O) groups is 3. The second-order valence-electron chi connectivity index (χ2n) is 8.79. The molecule has 178 valence electrons. The molecule has 0 heterocycles. The van der Waals surface area contributed by atoms with E-state index >= 15 is 0 Å². The molecule has 0 unspecified atom stereocenters. The Balaban J connectivity index is 0.000000278. The number of rotatable bonds is 7. The summed E-state index contributed by atoms with van der Waals surface area (Å²) in [6, 6.07) is 9.52. The van der Waals surface area contributed by atoms with Gasteiger partial charge in [0.1, 0.15) is 6.61 Å². The zero-order chi connectivity index (χ0) is 23.3. The highest BCUT2D eigenvalue weighted by atomic mass is 16.5. The predicted octanol–water partition coefficient (Wildman–Crippen LogP) is 3.64. The van der Waals surface area contributed by atoms with E-state index in [0.29, 0.717) is 37.8 Å². The van der Waals surface area contributed by atoms with Crippen molar-refractivity contribution in [2.45, 2.75) is 58.0 Å². The van der Waals surface area contributed by atoms with E-state index in [1.165, 1.54) is 0 Å². The molecule has 0 atom stereocenters. The van der Waals surface area contributed by atoms with Crippen LogP contribution in [0.2, 0.25) is 0 Å². The molecule has 8 nitrogen and oxygen atoms in total. The molecular formula is C24H36N2O6. The van der Waals surface area contributed by atoms with Crippen molar-refractivity contribution >= 4 is 18.0 Å². The van der Waals surface area contributed by atoms with Gasteiger partial charge in [-0.05, 0) is 75.3 Å². The molecule has 0 aromatic heterocycles. The lowest BCUT2D eigenvalue weighted by Gasteiger charge is -2.25. The largest absolute Gasteiger partial charge is 0.481 e. The van der Waals surface area contributed by atoms with E-state index in [2.05, 4.69) is 5.32 Å². The predicted molar refractivity (Wildman–Crippen MR) is 120 cm³/mol. The van der Waals surface area contributed by atoms with Gasteiger partial charge in [0, 0.05) is 6.54 Å². The Bertz CT molecular complexity index is 710. The number of hydrogen-bond acceptors (Lipinski definition) is 5. The van der Waals surface area contributed by atoms with Crippen molar-refractivity contribution in [2.24, 2.45) is 29.4 Å². The van der Waals surface area contributed by atoms with Gasteiger partial charge in [-0.25, -0.2) is 4.79 Å². The summed E-state index contributed by atoms with van der Waals surface area (Å²) in [6.45, 7) is 1.53. The molecule has 1 amide bonds. The highest BCUT2D eigenvalue weighted by Gasteiger charge is 2.26. The maximum Gasteiger partial charge on any atom is 0.407 e. The Morgan fingerprint density at radius 3 is 1.81 bits per heavy atom. The van der Waals surface area contributed by atoms with Crippen molar-refractivity contribution in [1.29, 1.82) is 0 Å². The minimum absolute atomic E-state index is 0.0993. The first-order chi connectivity index (χ1) is 15.4. The summed E-state index contributed by atoms with van der Waals surface area (Å²) in [4.78, 5) is 33.0. The molecule has 3 rings (SSSR count). The summed E-state index contributed by atoms with van der Waals surface area (Å²) >= 11 is 0. The van der Waals surface area contributed by atoms with Crippen LogP contribution in [0.5, 0.6) is 0 Å². The molecule has 0 bridgehead atoms. The zero-order valence-electron chi connectivity index (χ0n) is 18.6. The lowest BCUT2D eigenvalue weighted by Crippen LogP contribution is -2.32. The Morgan fingerprint density at radius 1 is 0.844 bits per heavy atom. The molecule has 2 saturated carbocycles. The molecule has 0 saturated heterocycles. The van der Waals surface area contributed by atoms with E-state index in [1.807, 2.05) is 30.3 Å². The van der Waals surface area contributed by atoms with Crippen molar-refractivity contribution in [2.75, 3.05) is 13.1 Å². The number of nitrogens with one attached hydrogen (secondary N) is 1. The molecular weight excluding hydrogens is 412 g/mol. The summed E-state index contributed by atoms with van der Waals surface area (Å²) in [5, 5.41) is 20.4. The van der Waals surface area contributed by atoms with Gasteiger partial charge in [0.15, 0.2) is 0 Å². The zero-order valence-corrected chi connectivity index (χ0v) is 18.6. The summed E-state index contributed by atoms with van der Waals surface area (Å²) in [6.07, 6.45) is 6.28. The van der Waals surface area contributed by atoms with Crippen LogP contribution >= 0.6 is 0 Å². The molecule has 32 heavy (non-hydrogen) atoms. The highest BCUT2D eigenvalue weighted by molar-refractivity contribution is 5.70. The Kier molecular flexibility index (Phi) is 11.0. The molecule has 0 aliphatic heterocycles. The second-order valence-corrected chi connectivity index (χ2v) is 8.79. The average molecular weight is 449 g/mol.